The molecule has 0 radical (unpaired) electrons. The molecule has 6 rings (SSSR count). The van der Waals surface area contributed by atoms with Crippen LogP contribution in [0.25, 0.3) is 0 Å². The molecule has 43 heavy (non-hydrogen) atoms. The summed E-state index contributed by atoms with van der Waals surface area (Å²) in [7, 11) is 0. The Morgan fingerprint density at radius 3 is 2.44 bits per heavy atom. The molecule has 3 unspecified atom stereocenters. The molecule has 2 aromatic carbocycles. The minimum Gasteiger partial charge on any atom is -0.462 e. The van der Waals surface area contributed by atoms with E-state index in [1.807, 2.05) is 0 Å². The number of rotatable bonds is 6. The second kappa shape index (κ2) is 12.1. The SMILES string of the molecule is CCOC(=O)c1ccc(N2C(=O)C3Sc4c(sc(=O)n4CC(=O)N4CCOCC4)C(c4cccc(Cl)c4Cl)C3C2=O)cc1. The van der Waals surface area contributed by atoms with E-state index in [0.29, 0.717) is 47.5 Å². The highest BCUT2D eigenvalue weighted by atomic mass is 35.5. The number of thioether (sulfide) groups is 1. The summed E-state index contributed by atoms with van der Waals surface area (Å²) in [5.41, 5.74) is 1.10. The standard InChI is InChI=1S/C29H25Cl2N3O7S2/c1-2-41-28(38)15-6-8-16(9-7-15)34-25(36)21-20(17-4-3-5-18(30)22(17)31)24-27(42-23(21)26(34)37)33(29(39)43-24)14-19(35)32-10-12-40-13-11-32/h3-9,20-21,23H,2,10-14H2,1H3. The molecule has 3 aromatic rings. The highest BCUT2D eigenvalue weighted by Crippen LogP contribution is 2.55. The summed E-state index contributed by atoms with van der Waals surface area (Å²) in [5.74, 6) is -3.33. The first-order valence-electron chi connectivity index (χ1n) is 13.6. The molecule has 2 fully saturated rings. The average Bonchev–Trinajstić information content (AvgIpc) is 3.45. The van der Waals surface area contributed by atoms with Crippen molar-refractivity contribution in [1.29, 1.82) is 0 Å². The molecule has 4 heterocycles. The van der Waals surface area contributed by atoms with Crippen molar-refractivity contribution < 1.29 is 28.7 Å². The van der Waals surface area contributed by atoms with Gasteiger partial charge < -0.3 is 14.4 Å². The lowest BCUT2D eigenvalue weighted by atomic mass is 9.83. The van der Waals surface area contributed by atoms with Gasteiger partial charge in [0.2, 0.25) is 17.7 Å². The molecule has 0 aliphatic carbocycles. The van der Waals surface area contributed by atoms with E-state index in [1.54, 1.807) is 30.0 Å². The number of anilines is 1. The van der Waals surface area contributed by atoms with Crippen LogP contribution in [0.1, 0.15) is 33.6 Å². The minimum atomic E-state index is -0.900. The lowest BCUT2D eigenvalue weighted by molar-refractivity contribution is -0.136. The normalized spacial score (nSPS) is 21.5. The first-order chi connectivity index (χ1) is 20.7. The quantitative estimate of drug-likeness (QED) is 0.287. The Bertz CT molecular complexity index is 1680. The molecule has 2 saturated heterocycles. The Morgan fingerprint density at radius 2 is 1.74 bits per heavy atom. The number of amides is 3. The molecule has 1 aromatic heterocycles. The molecule has 3 aliphatic heterocycles. The Morgan fingerprint density at radius 1 is 1.02 bits per heavy atom. The number of carbonyl (C=O) groups excluding carboxylic acids is 4. The fourth-order valence-electron chi connectivity index (χ4n) is 5.61. The van der Waals surface area contributed by atoms with Crippen LogP contribution in [0.2, 0.25) is 10.0 Å². The van der Waals surface area contributed by atoms with Crippen molar-refractivity contribution in [3.8, 4) is 0 Å². The van der Waals surface area contributed by atoms with Gasteiger partial charge in [0.25, 0.3) is 0 Å². The summed E-state index contributed by atoms with van der Waals surface area (Å²) >= 11 is 15.1. The van der Waals surface area contributed by atoms with Crippen molar-refractivity contribution in [2.75, 3.05) is 37.8 Å². The van der Waals surface area contributed by atoms with E-state index in [0.717, 1.165) is 28.0 Å². The van der Waals surface area contributed by atoms with E-state index < -0.39 is 34.9 Å². The van der Waals surface area contributed by atoms with Gasteiger partial charge in [-0.25, -0.2) is 9.69 Å². The second-order valence-corrected chi connectivity index (χ2v) is 13.0. The molecule has 0 bridgehead atoms. The zero-order chi connectivity index (χ0) is 30.4. The Kier molecular flexibility index (Phi) is 8.40. The lowest BCUT2D eigenvalue weighted by Gasteiger charge is -2.31. The molecule has 0 saturated carbocycles. The van der Waals surface area contributed by atoms with Crippen molar-refractivity contribution in [2.24, 2.45) is 5.92 Å². The van der Waals surface area contributed by atoms with E-state index in [2.05, 4.69) is 0 Å². The number of esters is 1. The molecule has 14 heteroatoms. The Labute approximate surface area is 264 Å². The smallest absolute Gasteiger partial charge is 0.338 e. The number of benzene rings is 2. The van der Waals surface area contributed by atoms with Crippen LogP contribution < -0.4 is 9.77 Å². The number of thiazole rings is 1. The Hall–Kier alpha value is -3.16. The topological polar surface area (TPSA) is 115 Å². The third-order valence-corrected chi connectivity index (χ3v) is 11.1. The van der Waals surface area contributed by atoms with Crippen molar-refractivity contribution in [3.05, 3.63) is 78.2 Å². The number of carbonyl (C=O) groups is 4. The van der Waals surface area contributed by atoms with Crippen LogP contribution in [0.5, 0.6) is 0 Å². The van der Waals surface area contributed by atoms with Crippen molar-refractivity contribution in [1.82, 2.24) is 9.47 Å². The van der Waals surface area contributed by atoms with Gasteiger partial charge in [-0.1, -0.05) is 58.4 Å². The summed E-state index contributed by atoms with van der Waals surface area (Å²) in [6.07, 6.45) is 0. The van der Waals surface area contributed by atoms with E-state index in [1.165, 1.54) is 28.8 Å². The number of hydrogen-bond acceptors (Lipinski definition) is 9. The molecule has 10 nitrogen and oxygen atoms in total. The number of imide groups is 1. The zero-order valence-corrected chi connectivity index (χ0v) is 25.9. The maximum absolute atomic E-state index is 14.1. The fraction of sp³-hybridized carbons (Fsp3) is 0.345. The summed E-state index contributed by atoms with van der Waals surface area (Å²) in [6, 6.07) is 11.1. The zero-order valence-electron chi connectivity index (χ0n) is 22.8. The first-order valence-corrected chi connectivity index (χ1v) is 16.0. The lowest BCUT2D eigenvalue weighted by Crippen LogP contribution is -2.43. The van der Waals surface area contributed by atoms with Crippen LogP contribution in [-0.2, 0) is 30.4 Å². The predicted octanol–water partition coefficient (Wildman–Crippen LogP) is 4.05. The number of ether oxygens (including phenoxy) is 2. The third-order valence-electron chi connectivity index (χ3n) is 7.66. The molecule has 3 amide bonds. The first kappa shape index (κ1) is 29.9. The van der Waals surface area contributed by atoms with E-state index in [9.17, 15) is 24.0 Å². The van der Waals surface area contributed by atoms with Gasteiger partial charge in [0.1, 0.15) is 11.8 Å². The minimum absolute atomic E-state index is 0.202. The predicted molar refractivity (Wildman–Crippen MR) is 162 cm³/mol. The van der Waals surface area contributed by atoms with Gasteiger partial charge in [-0.15, -0.1) is 0 Å². The van der Waals surface area contributed by atoms with Gasteiger partial charge in [0, 0.05) is 23.9 Å². The van der Waals surface area contributed by atoms with Gasteiger partial charge >= 0.3 is 10.8 Å². The van der Waals surface area contributed by atoms with E-state index in [4.69, 9.17) is 32.7 Å². The van der Waals surface area contributed by atoms with Crippen LogP contribution in [-0.4, -0.2) is 71.3 Å². The monoisotopic (exact) mass is 661 g/mol. The summed E-state index contributed by atoms with van der Waals surface area (Å²) in [5, 5.41) is 0.0519. The van der Waals surface area contributed by atoms with E-state index in [-0.39, 0.29) is 39.5 Å². The molecule has 3 aliphatic rings. The van der Waals surface area contributed by atoms with Gasteiger partial charge in [-0.05, 0) is 42.8 Å². The average molecular weight is 663 g/mol. The van der Waals surface area contributed by atoms with E-state index >= 15 is 0 Å². The van der Waals surface area contributed by atoms with Crippen molar-refractivity contribution in [2.45, 2.75) is 29.7 Å². The van der Waals surface area contributed by atoms with Gasteiger partial charge in [0.05, 0.1) is 52.1 Å². The molecule has 224 valence electrons. The number of hydrogen-bond donors (Lipinski definition) is 0. The Balaban J connectivity index is 1.41. The fourth-order valence-corrected chi connectivity index (χ4v) is 8.80. The second-order valence-electron chi connectivity index (χ2n) is 10.1. The summed E-state index contributed by atoms with van der Waals surface area (Å²) in [6.45, 7) is 3.40. The van der Waals surface area contributed by atoms with Crippen LogP contribution in [0.3, 0.4) is 0 Å². The van der Waals surface area contributed by atoms with Crippen LogP contribution >= 0.6 is 46.3 Å². The van der Waals surface area contributed by atoms with Crippen LogP contribution in [0.4, 0.5) is 5.69 Å². The maximum Gasteiger partial charge on any atom is 0.338 e. The molecular formula is C29H25Cl2N3O7S2. The largest absolute Gasteiger partial charge is 0.462 e. The number of morpholine rings is 1. The molecule has 3 atom stereocenters. The number of nitrogens with zero attached hydrogens (tertiary/aromatic N) is 3. The molecule has 0 N–H and O–H groups in total. The van der Waals surface area contributed by atoms with Crippen molar-refractivity contribution in [3.63, 3.8) is 0 Å². The highest BCUT2D eigenvalue weighted by molar-refractivity contribution is 8.00. The van der Waals surface area contributed by atoms with Gasteiger partial charge in [-0.2, -0.15) is 0 Å². The summed E-state index contributed by atoms with van der Waals surface area (Å²) < 4.78 is 11.8. The number of fused-ring (bicyclic) bond motifs is 2. The van der Waals surface area contributed by atoms with Gasteiger partial charge in [0.15, 0.2) is 0 Å². The summed E-state index contributed by atoms with van der Waals surface area (Å²) in [4.78, 5) is 69.7. The van der Waals surface area contributed by atoms with Crippen LogP contribution in [0.15, 0.2) is 52.3 Å². The molecular weight excluding hydrogens is 637 g/mol. The number of halogens is 2. The molecule has 0 spiro atoms. The maximum atomic E-state index is 14.1. The highest BCUT2D eigenvalue weighted by Gasteiger charge is 2.57. The van der Waals surface area contributed by atoms with Crippen LogP contribution in [0, 0.1) is 5.92 Å². The third kappa shape index (κ3) is 5.29. The van der Waals surface area contributed by atoms with Gasteiger partial charge in [-0.3, -0.25) is 23.7 Å². The number of aromatic nitrogens is 1. The van der Waals surface area contributed by atoms with Crippen molar-refractivity contribution >= 4 is 75.7 Å².